The summed E-state index contributed by atoms with van der Waals surface area (Å²) in [6.07, 6.45) is 3.42. The van der Waals surface area contributed by atoms with Crippen LogP contribution in [0.2, 0.25) is 0 Å². The number of aliphatic hydroxyl groups is 1. The largest absolute Gasteiger partial charge is 0.388 e. The topological polar surface area (TPSA) is 67.2 Å². The number of aryl methyl sites for hydroxylation is 1. The maximum Gasteiger partial charge on any atom is 0.271 e. The van der Waals surface area contributed by atoms with Crippen LogP contribution >= 0.6 is 0 Å². The van der Waals surface area contributed by atoms with E-state index in [1.54, 1.807) is 22.9 Å². The number of carbonyl (C=O) groups is 1. The summed E-state index contributed by atoms with van der Waals surface area (Å²) >= 11 is 0. The third-order valence-corrected chi connectivity index (χ3v) is 4.30. The quantitative estimate of drug-likeness (QED) is 0.909. The van der Waals surface area contributed by atoms with E-state index in [9.17, 15) is 14.3 Å². The molecule has 1 amide bonds. The summed E-state index contributed by atoms with van der Waals surface area (Å²) in [5.41, 5.74) is 0.969. The van der Waals surface area contributed by atoms with Crippen LogP contribution in [0.5, 0.6) is 0 Å². The van der Waals surface area contributed by atoms with Crippen LogP contribution in [-0.4, -0.2) is 32.9 Å². The first kappa shape index (κ1) is 15.7. The third-order valence-electron chi connectivity index (χ3n) is 4.30. The van der Waals surface area contributed by atoms with E-state index >= 15 is 0 Å². The van der Waals surface area contributed by atoms with Gasteiger partial charge in [-0.1, -0.05) is 12.8 Å². The van der Waals surface area contributed by atoms with Crippen molar-refractivity contribution in [3.8, 4) is 5.69 Å². The number of carbonyl (C=O) groups excluding carboxylic acids is 1. The van der Waals surface area contributed by atoms with Gasteiger partial charge in [0.15, 0.2) is 5.69 Å². The summed E-state index contributed by atoms with van der Waals surface area (Å²) in [7, 11) is 0. The molecule has 1 aliphatic carbocycles. The summed E-state index contributed by atoms with van der Waals surface area (Å²) in [5.74, 6) is -0.629. The zero-order chi connectivity index (χ0) is 16.4. The molecule has 0 atom stereocenters. The van der Waals surface area contributed by atoms with Crippen molar-refractivity contribution in [1.29, 1.82) is 0 Å². The number of hydrogen-bond acceptors (Lipinski definition) is 3. The number of hydrogen-bond donors (Lipinski definition) is 2. The molecule has 2 aromatic rings. The van der Waals surface area contributed by atoms with Crippen molar-refractivity contribution in [2.45, 2.75) is 38.2 Å². The van der Waals surface area contributed by atoms with Crippen LogP contribution in [0.15, 0.2) is 30.3 Å². The highest BCUT2D eigenvalue weighted by Crippen LogP contribution is 2.28. The average Bonchev–Trinajstić information content (AvgIpc) is 3.13. The maximum absolute atomic E-state index is 13.0. The number of aromatic nitrogens is 2. The number of rotatable bonds is 4. The summed E-state index contributed by atoms with van der Waals surface area (Å²) in [6.45, 7) is 2.08. The lowest BCUT2D eigenvalue weighted by molar-refractivity contribution is 0.0448. The van der Waals surface area contributed by atoms with Crippen molar-refractivity contribution < 1.29 is 14.3 Å². The second kappa shape index (κ2) is 6.12. The van der Waals surface area contributed by atoms with Crippen molar-refractivity contribution in [2.24, 2.45) is 0 Å². The molecule has 0 unspecified atom stereocenters. The Morgan fingerprint density at radius 3 is 2.65 bits per heavy atom. The number of halogens is 1. The minimum Gasteiger partial charge on any atom is -0.388 e. The van der Waals surface area contributed by atoms with E-state index in [1.807, 2.05) is 6.92 Å². The lowest BCUT2D eigenvalue weighted by atomic mass is 10.0. The molecule has 5 nitrogen and oxygen atoms in total. The Kier molecular flexibility index (Phi) is 4.17. The first-order valence-electron chi connectivity index (χ1n) is 7.80. The molecule has 0 saturated heterocycles. The molecule has 23 heavy (non-hydrogen) atoms. The van der Waals surface area contributed by atoms with Gasteiger partial charge in [0, 0.05) is 12.2 Å². The van der Waals surface area contributed by atoms with E-state index < -0.39 is 5.60 Å². The van der Waals surface area contributed by atoms with Crippen LogP contribution in [0.1, 0.15) is 41.9 Å². The van der Waals surface area contributed by atoms with Crippen LogP contribution in [0, 0.1) is 12.7 Å². The highest BCUT2D eigenvalue weighted by molar-refractivity contribution is 5.92. The van der Waals surface area contributed by atoms with Gasteiger partial charge < -0.3 is 10.4 Å². The number of amides is 1. The van der Waals surface area contributed by atoms with E-state index in [4.69, 9.17) is 0 Å². The standard InChI is InChI=1S/C17H20FN3O2/c1-12-10-15(16(22)19-11-17(23)8-2-3-9-17)20-21(12)14-6-4-13(18)5-7-14/h4-7,10,23H,2-3,8-9,11H2,1H3,(H,19,22). The Morgan fingerprint density at radius 2 is 2.00 bits per heavy atom. The molecule has 1 saturated carbocycles. The monoisotopic (exact) mass is 317 g/mol. The Morgan fingerprint density at radius 1 is 1.35 bits per heavy atom. The molecular formula is C17H20FN3O2. The van der Waals surface area contributed by atoms with Gasteiger partial charge in [0.25, 0.3) is 5.91 Å². The maximum atomic E-state index is 13.0. The van der Waals surface area contributed by atoms with Gasteiger partial charge in [-0.3, -0.25) is 4.79 Å². The van der Waals surface area contributed by atoms with Gasteiger partial charge in [0.2, 0.25) is 0 Å². The fourth-order valence-electron chi connectivity index (χ4n) is 2.97. The Hall–Kier alpha value is -2.21. The molecule has 1 heterocycles. The Bertz CT molecular complexity index is 703. The molecule has 0 radical (unpaired) electrons. The molecule has 0 bridgehead atoms. The molecule has 1 aromatic carbocycles. The van der Waals surface area contributed by atoms with Crippen LogP contribution in [0.4, 0.5) is 4.39 Å². The summed E-state index contributed by atoms with van der Waals surface area (Å²) in [6, 6.07) is 7.60. The molecule has 1 aliphatic rings. The van der Waals surface area contributed by atoms with Crippen LogP contribution in [-0.2, 0) is 0 Å². The minimum atomic E-state index is -0.787. The molecule has 1 aromatic heterocycles. The highest BCUT2D eigenvalue weighted by Gasteiger charge is 2.31. The lowest BCUT2D eigenvalue weighted by Crippen LogP contribution is -2.40. The van der Waals surface area contributed by atoms with Crippen molar-refractivity contribution in [1.82, 2.24) is 15.1 Å². The van der Waals surface area contributed by atoms with Gasteiger partial charge in [-0.15, -0.1) is 0 Å². The second-order valence-electron chi connectivity index (χ2n) is 6.17. The zero-order valence-electron chi connectivity index (χ0n) is 13.1. The SMILES string of the molecule is Cc1cc(C(=O)NCC2(O)CCCC2)nn1-c1ccc(F)cc1. The van der Waals surface area contributed by atoms with Gasteiger partial charge in [-0.05, 0) is 50.1 Å². The van der Waals surface area contributed by atoms with Crippen LogP contribution < -0.4 is 5.32 Å². The predicted octanol–water partition coefficient (Wildman–Crippen LogP) is 2.35. The average molecular weight is 317 g/mol. The normalized spacial score (nSPS) is 16.5. The fraction of sp³-hybridized carbons (Fsp3) is 0.412. The fourth-order valence-corrected chi connectivity index (χ4v) is 2.97. The van der Waals surface area contributed by atoms with Gasteiger partial charge in [-0.2, -0.15) is 5.10 Å². The molecular weight excluding hydrogens is 297 g/mol. The first-order valence-corrected chi connectivity index (χ1v) is 7.80. The van der Waals surface area contributed by atoms with Gasteiger partial charge in [-0.25, -0.2) is 9.07 Å². The Balaban J connectivity index is 1.72. The zero-order valence-corrected chi connectivity index (χ0v) is 13.1. The molecule has 122 valence electrons. The smallest absolute Gasteiger partial charge is 0.271 e. The number of benzene rings is 1. The van der Waals surface area contributed by atoms with Gasteiger partial charge in [0.1, 0.15) is 5.82 Å². The summed E-state index contributed by atoms with van der Waals surface area (Å²) < 4.78 is 14.6. The van der Waals surface area contributed by atoms with Crippen molar-refractivity contribution in [3.05, 3.63) is 47.5 Å². The minimum absolute atomic E-state index is 0.244. The molecule has 1 fully saturated rings. The van der Waals surface area contributed by atoms with Crippen LogP contribution in [0.3, 0.4) is 0 Å². The summed E-state index contributed by atoms with van der Waals surface area (Å²) in [5, 5.41) is 17.3. The van der Waals surface area contributed by atoms with E-state index in [1.165, 1.54) is 12.1 Å². The van der Waals surface area contributed by atoms with Gasteiger partial charge in [0.05, 0.1) is 11.3 Å². The number of nitrogens with one attached hydrogen (secondary N) is 1. The van der Waals surface area contributed by atoms with E-state index in [0.29, 0.717) is 5.69 Å². The van der Waals surface area contributed by atoms with Crippen molar-refractivity contribution in [3.63, 3.8) is 0 Å². The molecule has 0 aliphatic heterocycles. The highest BCUT2D eigenvalue weighted by atomic mass is 19.1. The molecule has 2 N–H and O–H groups in total. The second-order valence-corrected chi connectivity index (χ2v) is 6.17. The third kappa shape index (κ3) is 3.42. The lowest BCUT2D eigenvalue weighted by Gasteiger charge is -2.21. The van der Waals surface area contributed by atoms with E-state index in [-0.39, 0.29) is 24.0 Å². The Labute approximate surface area is 134 Å². The van der Waals surface area contributed by atoms with E-state index in [0.717, 1.165) is 31.4 Å². The molecule has 3 rings (SSSR count). The predicted molar refractivity (Wildman–Crippen MR) is 84.0 cm³/mol. The van der Waals surface area contributed by atoms with Crippen molar-refractivity contribution >= 4 is 5.91 Å². The van der Waals surface area contributed by atoms with Crippen molar-refractivity contribution in [2.75, 3.05) is 6.54 Å². The summed E-state index contributed by atoms with van der Waals surface area (Å²) in [4.78, 5) is 12.2. The van der Waals surface area contributed by atoms with Crippen LogP contribution in [0.25, 0.3) is 5.69 Å². The number of nitrogens with zero attached hydrogens (tertiary/aromatic N) is 2. The van der Waals surface area contributed by atoms with E-state index in [2.05, 4.69) is 10.4 Å². The first-order chi connectivity index (χ1) is 11.0. The molecule has 0 spiro atoms. The molecule has 6 heteroatoms. The van der Waals surface area contributed by atoms with Gasteiger partial charge >= 0.3 is 0 Å².